The van der Waals surface area contributed by atoms with Crippen LogP contribution in [0, 0.1) is 0 Å². The molecule has 1 fully saturated rings. The summed E-state index contributed by atoms with van der Waals surface area (Å²) in [4.78, 5) is 16.0. The van der Waals surface area contributed by atoms with E-state index in [1.807, 2.05) is 30.3 Å². The molecule has 1 aliphatic heterocycles. The number of aromatic nitrogens is 3. The summed E-state index contributed by atoms with van der Waals surface area (Å²) in [5.74, 6) is -0.174. The standard InChI is InChI=1S/C16H22N6O.ClH/c23-16(18-7-4-10-21-11-8-17-9-12-21)15-13-19-22(20-15)14-5-2-1-3-6-14;/h1-3,5-6,13,17H,4,7-12H2,(H,18,23);1H. The minimum atomic E-state index is -0.174. The molecule has 2 N–H and O–H groups in total. The third kappa shape index (κ3) is 5.02. The van der Waals surface area contributed by atoms with Gasteiger partial charge in [-0.2, -0.15) is 9.90 Å². The molecule has 0 bridgehead atoms. The second kappa shape index (κ2) is 9.36. The first kappa shape index (κ1) is 18.4. The molecular weight excluding hydrogens is 328 g/mol. The summed E-state index contributed by atoms with van der Waals surface area (Å²) >= 11 is 0. The van der Waals surface area contributed by atoms with Crippen molar-refractivity contribution in [1.29, 1.82) is 0 Å². The smallest absolute Gasteiger partial charge is 0.273 e. The number of carbonyl (C=O) groups is 1. The highest BCUT2D eigenvalue weighted by Gasteiger charge is 2.12. The number of amides is 1. The van der Waals surface area contributed by atoms with E-state index in [0.29, 0.717) is 12.2 Å². The minimum Gasteiger partial charge on any atom is -0.351 e. The molecule has 1 saturated heterocycles. The quantitative estimate of drug-likeness (QED) is 0.751. The molecule has 8 heteroatoms. The normalized spacial score (nSPS) is 14.8. The van der Waals surface area contributed by atoms with Gasteiger partial charge in [0, 0.05) is 32.7 Å². The van der Waals surface area contributed by atoms with E-state index in [9.17, 15) is 4.79 Å². The monoisotopic (exact) mass is 350 g/mol. The van der Waals surface area contributed by atoms with Crippen LogP contribution in [0.25, 0.3) is 5.69 Å². The van der Waals surface area contributed by atoms with Gasteiger partial charge in [0.1, 0.15) is 0 Å². The van der Waals surface area contributed by atoms with Crippen LogP contribution in [0.15, 0.2) is 36.5 Å². The van der Waals surface area contributed by atoms with Crippen molar-refractivity contribution in [1.82, 2.24) is 30.5 Å². The summed E-state index contributed by atoms with van der Waals surface area (Å²) in [5, 5.41) is 14.6. The molecule has 1 amide bonds. The number of nitrogens with zero attached hydrogens (tertiary/aromatic N) is 4. The molecule has 7 nitrogen and oxygen atoms in total. The van der Waals surface area contributed by atoms with Gasteiger partial charge in [0.25, 0.3) is 5.91 Å². The molecule has 0 aliphatic carbocycles. The van der Waals surface area contributed by atoms with E-state index in [1.54, 1.807) is 0 Å². The highest BCUT2D eigenvalue weighted by atomic mass is 35.5. The van der Waals surface area contributed by atoms with Crippen molar-refractivity contribution < 1.29 is 4.79 Å². The molecule has 0 atom stereocenters. The van der Waals surface area contributed by atoms with Gasteiger partial charge in [-0.25, -0.2) is 0 Å². The zero-order valence-corrected chi connectivity index (χ0v) is 14.3. The number of para-hydroxylation sites is 1. The first-order valence-corrected chi connectivity index (χ1v) is 8.02. The van der Waals surface area contributed by atoms with Gasteiger partial charge in [-0.05, 0) is 25.1 Å². The van der Waals surface area contributed by atoms with Crippen molar-refractivity contribution in [2.75, 3.05) is 39.3 Å². The Morgan fingerprint density at radius 3 is 2.71 bits per heavy atom. The molecule has 130 valence electrons. The summed E-state index contributed by atoms with van der Waals surface area (Å²) < 4.78 is 0. The molecule has 0 saturated carbocycles. The van der Waals surface area contributed by atoms with Crippen LogP contribution >= 0.6 is 12.4 Å². The van der Waals surface area contributed by atoms with E-state index < -0.39 is 0 Å². The molecular formula is C16H23ClN6O. The SMILES string of the molecule is Cl.O=C(NCCCN1CCNCC1)c1cnn(-c2ccccc2)n1. The van der Waals surface area contributed by atoms with Gasteiger partial charge in [-0.1, -0.05) is 18.2 Å². The van der Waals surface area contributed by atoms with E-state index in [4.69, 9.17) is 0 Å². The van der Waals surface area contributed by atoms with E-state index in [1.165, 1.54) is 11.0 Å². The first-order valence-electron chi connectivity index (χ1n) is 8.02. The van der Waals surface area contributed by atoms with Crippen molar-refractivity contribution in [3.05, 3.63) is 42.2 Å². The second-order valence-corrected chi connectivity index (χ2v) is 5.56. The average Bonchev–Trinajstić information content (AvgIpc) is 3.10. The minimum absolute atomic E-state index is 0. The molecule has 0 unspecified atom stereocenters. The summed E-state index contributed by atoms with van der Waals surface area (Å²) in [6, 6.07) is 9.55. The van der Waals surface area contributed by atoms with Crippen LogP contribution in [0.2, 0.25) is 0 Å². The van der Waals surface area contributed by atoms with Crippen LogP contribution in [-0.4, -0.2) is 65.1 Å². The van der Waals surface area contributed by atoms with Crippen LogP contribution in [-0.2, 0) is 0 Å². The summed E-state index contributed by atoms with van der Waals surface area (Å²) in [6.45, 7) is 5.93. The van der Waals surface area contributed by atoms with Gasteiger partial charge in [0.05, 0.1) is 11.9 Å². The fourth-order valence-corrected chi connectivity index (χ4v) is 2.58. The number of piperazine rings is 1. The van der Waals surface area contributed by atoms with Gasteiger partial charge in [-0.15, -0.1) is 17.5 Å². The van der Waals surface area contributed by atoms with Crippen LogP contribution < -0.4 is 10.6 Å². The number of rotatable bonds is 6. The summed E-state index contributed by atoms with van der Waals surface area (Å²) in [5.41, 5.74) is 1.18. The molecule has 0 spiro atoms. The summed E-state index contributed by atoms with van der Waals surface area (Å²) in [6.07, 6.45) is 2.44. The molecule has 2 heterocycles. The zero-order valence-electron chi connectivity index (χ0n) is 13.5. The second-order valence-electron chi connectivity index (χ2n) is 5.56. The van der Waals surface area contributed by atoms with Crippen molar-refractivity contribution in [3.8, 4) is 5.69 Å². The van der Waals surface area contributed by atoms with E-state index in [2.05, 4.69) is 25.7 Å². The zero-order chi connectivity index (χ0) is 15.9. The Bertz CT molecular complexity index is 627. The average molecular weight is 351 g/mol. The van der Waals surface area contributed by atoms with Crippen molar-refractivity contribution >= 4 is 18.3 Å². The third-order valence-corrected chi connectivity index (χ3v) is 3.86. The maximum Gasteiger partial charge on any atom is 0.273 e. The first-order chi connectivity index (χ1) is 11.3. The fraction of sp³-hybridized carbons (Fsp3) is 0.438. The topological polar surface area (TPSA) is 75.1 Å². The largest absolute Gasteiger partial charge is 0.351 e. The Balaban J connectivity index is 0.00000208. The third-order valence-electron chi connectivity index (χ3n) is 3.86. The van der Waals surface area contributed by atoms with Crippen LogP contribution in [0.4, 0.5) is 0 Å². The molecule has 0 radical (unpaired) electrons. The Hall–Kier alpha value is -1.96. The van der Waals surface area contributed by atoms with Gasteiger partial charge >= 0.3 is 0 Å². The molecule has 24 heavy (non-hydrogen) atoms. The van der Waals surface area contributed by atoms with Crippen molar-refractivity contribution in [2.24, 2.45) is 0 Å². The molecule has 1 aromatic carbocycles. The van der Waals surface area contributed by atoms with Crippen molar-refractivity contribution in [2.45, 2.75) is 6.42 Å². The van der Waals surface area contributed by atoms with Crippen LogP contribution in [0.3, 0.4) is 0 Å². The van der Waals surface area contributed by atoms with Crippen LogP contribution in [0.5, 0.6) is 0 Å². The summed E-state index contributed by atoms with van der Waals surface area (Å²) in [7, 11) is 0. The van der Waals surface area contributed by atoms with Crippen LogP contribution in [0.1, 0.15) is 16.9 Å². The highest BCUT2D eigenvalue weighted by Crippen LogP contribution is 2.04. The number of nitrogens with one attached hydrogen (secondary N) is 2. The Labute approximate surface area is 147 Å². The predicted molar refractivity (Wildman–Crippen MR) is 94.9 cm³/mol. The maximum absolute atomic E-state index is 12.1. The van der Waals surface area contributed by atoms with E-state index >= 15 is 0 Å². The van der Waals surface area contributed by atoms with Gasteiger partial charge < -0.3 is 15.5 Å². The Morgan fingerprint density at radius 1 is 1.21 bits per heavy atom. The number of hydrogen-bond acceptors (Lipinski definition) is 5. The molecule has 1 aromatic heterocycles. The lowest BCUT2D eigenvalue weighted by Crippen LogP contribution is -2.44. The lowest BCUT2D eigenvalue weighted by molar-refractivity contribution is 0.0946. The van der Waals surface area contributed by atoms with Gasteiger partial charge in [0.15, 0.2) is 5.69 Å². The lowest BCUT2D eigenvalue weighted by atomic mass is 10.3. The maximum atomic E-state index is 12.1. The van der Waals surface area contributed by atoms with E-state index in [0.717, 1.165) is 44.8 Å². The van der Waals surface area contributed by atoms with Gasteiger partial charge in [0.2, 0.25) is 0 Å². The number of halogens is 1. The number of benzene rings is 1. The fourth-order valence-electron chi connectivity index (χ4n) is 2.58. The number of carbonyl (C=O) groups excluding carboxylic acids is 1. The lowest BCUT2D eigenvalue weighted by Gasteiger charge is -2.26. The Morgan fingerprint density at radius 2 is 1.96 bits per heavy atom. The van der Waals surface area contributed by atoms with E-state index in [-0.39, 0.29) is 18.3 Å². The molecule has 1 aliphatic rings. The van der Waals surface area contributed by atoms with Gasteiger partial charge in [-0.3, -0.25) is 4.79 Å². The predicted octanol–water partition coefficient (Wildman–Crippen LogP) is 0.714. The molecule has 2 aromatic rings. The highest BCUT2D eigenvalue weighted by molar-refractivity contribution is 5.91. The van der Waals surface area contributed by atoms with Crippen molar-refractivity contribution in [3.63, 3.8) is 0 Å². The Kier molecular flexibility index (Phi) is 7.17. The molecule has 3 rings (SSSR count). The number of hydrogen-bond donors (Lipinski definition) is 2.